The van der Waals surface area contributed by atoms with E-state index in [1.807, 2.05) is 13.0 Å². The molecule has 0 atom stereocenters. The predicted molar refractivity (Wildman–Crippen MR) is 88.7 cm³/mol. The molecule has 0 radical (unpaired) electrons. The number of amides is 1. The summed E-state index contributed by atoms with van der Waals surface area (Å²) in [6.07, 6.45) is 3.15. The van der Waals surface area contributed by atoms with Crippen LogP contribution in [0.25, 0.3) is 0 Å². The van der Waals surface area contributed by atoms with Crippen LogP contribution in [-0.2, 0) is 0 Å². The van der Waals surface area contributed by atoms with Crippen molar-refractivity contribution < 1.29 is 4.79 Å². The summed E-state index contributed by atoms with van der Waals surface area (Å²) in [4.78, 5) is 29.3. The number of nitrogens with zero attached hydrogens (tertiary/aromatic N) is 5. The van der Waals surface area contributed by atoms with Crippen molar-refractivity contribution in [3.8, 4) is 0 Å². The minimum atomic E-state index is -0.279. The van der Waals surface area contributed by atoms with E-state index in [4.69, 9.17) is 0 Å². The molecule has 1 aliphatic heterocycles. The fraction of sp³-hybridized carbons (Fsp3) is 0.375. The Bertz CT molecular complexity index is 679. The Morgan fingerprint density at radius 3 is 2.61 bits per heavy atom. The number of piperazine rings is 1. The van der Waals surface area contributed by atoms with E-state index in [1.165, 1.54) is 6.33 Å². The molecule has 2 aromatic heterocycles. The average Bonchev–Trinajstić information content (AvgIpc) is 2.58. The number of carbonyl (C=O) groups is 1. The first kappa shape index (κ1) is 15.4. The first-order valence-electron chi connectivity index (χ1n) is 7.61. The summed E-state index contributed by atoms with van der Waals surface area (Å²) in [6.45, 7) is 5.71. The first-order valence-corrected chi connectivity index (χ1v) is 7.61. The highest BCUT2D eigenvalue weighted by Crippen LogP contribution is 2.14. The summed E-state index contributed by atoms with van der Waals surface area (Å²) in [5.41, 5.74) is 1.39. The summed E-state index contributed by atoms with van der Waals surface area (Å²) in [5.74, 6) is 1.02. The average molecular weight is 312 g/mol. The SMILES string of the molecule is Cc1ccc(NC(=O)c2cc(N3CCN(C)CC3)ncn2)nc1. The molecule has 1 N–H and O–H groups in total. The monoisotopic (exact) mass is 312 g/mol. The zero-order valence-electron chi connectivity index (χ0n) is 13.4. The maximum absolute atomic E-state index is 12.3. The van der Waals surface area contributed by atoms with Crippen molar-refractivity contribution in [1.82, 2.24) is 19.9 Å². The van der Waals surface area contributed by atoms with Crippen LogP contribution in [-0.4, -0.2) is 59.0 Å². The van der Waals surface area contributed by atoms with Gasteiger partial charge in [0.1, 0.15) is 23.7 Å². The molecule has 1 amide bonds. The number of carbonyl (C=O) groups excluding carboxylic acids is 1. The predicted octanol–water partition coefficient (Wildman–Crippen LogP) is 1.18. The van der Waals surface area contributed by atoms with Gasteiger partial charge in [0.15, 0.2) is 0 Å². The summed E-state index contributed by atoms with van der Waals surface area (Å²) in [7, 11) is 2.10. The second kappa shape index (κ2) is 6.70. The molecule has 7 heteroatoms. The topological polar surface area (TPSA) is 74.2 Å². The molecule has 0 unspecified atom stereocenters. The third-order valence-electron chi connectivity index (χ3n) is 3.87. The van der Waals surface area contributed by atoms with Crippen LogP contribution < -0.4 is 10.2 Å². The Balaban J connectivity index is 1.71. The van der Waals surface area contributed by atoms with Gasteiger partial charge in [-0.15, -0.1) is 0 Å². The molecule has 0 bridgehead atoms. The van der Waals surface area contributed by atoms with Crippen molar-refractivity contribution in [2.75, 3.05) is 43.4 Å². The van der Waals surface area contributed by atoms with E-state index >= 15 is 0 Å². The van der Waals surface area contributed by atoms with Crippen LogP contribution in [0.15, 0.2) is 30.7 Å². The molecule has 3 heterocycles. The van der Waals surface area contributed by atoms with Gasteiger partial charge in [0.05, 0.1) is 0 Å². The molecule has 2 aromatic rings. The van der Waals surface area contributed by atoms with Gasteiger partial charge in [0.2, 0.25) is 0 Å². The lowest BCUT2D eigenvalue weighted by molar-refractivity contribution is 0.102. The summed E-state index contributed by atoms with van der Waals surface area (Å²) in [6, 6.07) is 5.41. The molecule has 23 heavy (non-hydrogen) atoms. The van der Waals surface area contributed by atoms with E-state index in [0.29, 0.717) is 11.5 Å². The first-order chi connectivity index (χ1) is 11.1. The normalized spacial score (nSPS) is 15.5. The summed E-state index contributed by atoms with van der Waals surface area (Å²) < 4.78 is 0. The molecule has 0 spiro atoms. The molecule has 1 aliphatic rings. The lowest BCUT2D eigenvalue weighted by Gasteiger charge is -2.33. The van der Waals surface area contributed by atoms with Crippen molar-refractivity contribution in [2.45, 2.75) is 6.92 Å². The lowest BCUT2D eigenvalue weighted by Crippen LogP contribution is -2.44. The van der Waals surface area contributed by atoms with Crippen LogP contribution in [0.1, 0.15) is 16.1 Å². The van der Waals surface area contributed by atoms with Gasteiger partial charge >= 0.3 is 0 Å². The Kier molecular flexibility index (Phi) is 4.47. The van der Waals surface area contributed by atoms with Gasteiger partial charge in [-0.05, 0) is 25.6 Å². The smallest absolute Gasteiger partial charge is 0.275 e. The Hall–Kier alpha value is -2.54. The Morgan fingerprint density at radius 1 is 1.13 bits per heavy atom. The molecule has 0 aromatic carbocycles. The van der Waals surface area contributed by atoms with Gasteiger partial charge < -0.3 is 15.1 Å². The van der Waals surface area contributed by atoms with Crippen molar-refractivity contribution in [3.05, 3.63) is 42.0 Å². The lowest BCUT2D eigenvalue weighted by atomic mass is 10.3. The molecule has 3 rings (SSSR count). The highest BCUT2D eigenvalue weighted by atomic mass is 16.1. The van der Waals surface area contributed by atoms with Crippen molar-refractivity contribution in [2.24, 2.45) is 0 Å². The van der Waals surface area contributed by atoms with Crippen molar-refractivity contribution >= 4 is 17.5 Å². The van der Waals surface area contributed by atoms with Gasteiger partial charge in [0, 0.05) is 38.4 Å². The van der Waals surface area contributed by atoms with Crippen LogP contribution in [0.5, 0.6) is 0 Å². The van der Waals surface area contributed by atoms with Crippen molar-refractivity contribution in [1.29, 1.82) is 0 Å². The van der Waals surface area contributed by atoms with E-state index in [-0.39, 0.29) is 5.91 Å². The van der Waals surface area contributed by atoms with E-state index < -0.39 is 0 Å². The Labute approximate surface area is 135 Å². The molecule has 1 saturated heterocycles. The number of aromatic nitrogens is 3. The highest BCUT2D eigenvalue weighted by Gasteiger charge is 2.17. The molecule has 120 valence electrons. The van der Waals surface area contributed by atoms with Gasteiger partial charge in [-0.2, -0.15) is 0 Å². The number of likely N-dealkylation sites (N-methyl/N-ethyl adjacent to an activating group) is 1. The third-order valence-corrected chi connectivity index (χ3v) is 3.87. The van der Waals surface area contributed by atoms with Gasteiger partial charge in [-0.3, -0.25) is 4.79 Å². The third kappa shape index (κ3) is 3.81. The zero-order valence-corrected chi connectivity index (χ0v) is 13.4. The van der Waals surface area contributed by atoms with Crippen LogP contribution in [0.4, 0.5) is 11.6 Å². The molecule has 0 saturated carbocycles. The van der Waals surface area contributed by atoms with E-state index in [0.717, 1.165) is 37.6 Å². The molecule has 0 aliphatic carbocycles. The number of pyridine rings is 1. The van der Waals surface area contributed by atoms with Gasteiger partial charge in [-0.1, -0.05) is 6.07 Å². The fourth-order valence-electron chi connectivity index (χ4n) is 2.40. The Morgan fingerprint density at radius 2 is 1.91 bits per heavy atom. The minimum absolute atomic E-state index is 0.279. The van der Waals surface area contributed by atoms with Crippen molar-refractivity contribution in [3.63, 3.8) is 0 Å². The van der Waals surface area contributed by atoms with E-state index in [9.17, 15) is 4.79 Å². The van der Waals surface area contributed by atoms with E-state index in [2.05, 4.69) is 37.1 Å². The zero-order chi connectivity index (χ0) is 16.2. The van der Waals surface area contributed by atoms with Crippen LogP contribution in [0, 0.1) is 6.92 Å². The number of anilines is 2. The van der Waals surface area contributed by atoms with Crippen LogP contribution in [0.3, 0.4) is 0 Å². The number of hydrogen-bond donors (Lipinski definition) is 1. The van der Waals surface area contributed by atoms with Gasteiger partial charge in [-0.25, -0.2) is 15.0 Å². The van der Waals surface area contributed by atoms with E-state index in [1.54, 1.807) is 18.3 Å². The number of nitrogens with one attached hydrogen (secondary N) is 1. The molecular weight excluding hydrogens is 292 g/mol. The standard InChI is InChI=1S/C16H20N6O/c1-12-3-4-14(17-10-12)20-16(23)13-9-15(19-11-18-13)22-7-5-21(2)6-8-22/h3-4,9-11H,5-8H2,1-2H3,(H,17,20,23). The molecular formula is C16H20N6O. The molecule has 1 fully saturated rings. The number of aryl methyl sites for hydroxylation is 1. The highest BCUT2D eigenvalue weighted by molar-refractivity contribution is 6.02. The number of hydrogen-bond acceptors (Lipinski definition) is 6. The summed E-state index contributed by atoms with van der Waals surface area (Å²) >= 11 is 0. The molecule has 7 nitrogen and oxygen atoms in total. The van der Waals surface area contributed by atoms with Gasteiger partial charge in [0.25, 0.3) is 5.91 Å². The largest absolute Gasteiger partial charge is 0.354 e. The maximum Gasteiger partial charge on any atom is 0.275 e. The number of rotatable bonds is 3. The second-order valence-corrected chi connectivity index (χ2v) is 5.73. The van der Waals surface area contributed by atoms with Crippen LogP contribution >= 0.6 is 0 Å². The quantitative estimate of drug-likeness (QED) is 0.917. The maximum atomic E-state index is 12.3. The van der Waals surface area contributed by atoms with Crippen LogP contribution in [0.2, 0.25) is 0 Å². The second-order valence-electron chi connectivity index (χ2n) is 5.73. The minimum Gasteiger partial charge on any atom is -0.354 e. The summed E-state index contributed by atoms with van der Waals surface area (Å²) in [5, 5.41) is 2.76. The fourth-order valence-corrected chi connectivity index (χ4v) is 2.40.